The van der Waals surface area contributed by atoms with Crippen molar-refractivity contribution in [3.8, 4) is 0 Å². The van der Waals surface area contributed by atoms with Crippen molar-refractivity contribution >= 4 is 22.6 Å². The molecule has 0 atom stereocenters. The number of alkyl halides is 1. The topological polar surface area (TPSA) is 25.8 Å². The maximum absolute atomic E-state index is 3.84. The summed E-state index contributed by atoms with van der Waals surface area (Å²) in [4.78, 5) is 7.68. The fourth-order valence-corrected chi connectivity index (χ4v) is 0.793. The number of hydrogen-bond acceptors (Lipinski definition) is 2. The highest BCUT2D eigenvalue weighted by Crippen LogP contribution is 1.99. The minimum Gasteiger partial charge on any atom is -0.245 e. The van der Waals surface area contributed by atoms with Crippen molar-refractivity contribution < 1.29 is 0 Å². The van der Waals surface area contributed by atoms with E-state index in [1.165, 1.54) is 11.9 Å². The summed E-state index contributed by atoms with van der Waals surface area (Å²) in [5, 5.41) is 0. The maximum atomic E-state index is 3.84. The molecule has 2 nitrogen and oxygen atoms in total. The van der Waals surface area contributed by atoms with Crippen molar-refractivity contribution in [2.24, 2.45) is 0 Å². The Hall–Kier alpha value is -0.190. The van der Waals surface area contributed by atoms with Crippen molar-refractivity contribution in [3.05, 3.63) is 24.3 Å². The van der Waals surface area contributed by atoms with E-state index in [4.69, 9.17) is 0 Å². The van der Waals surface area contributed by atoms with E-state index in [1.807, 2.05) is 12.4 Å². The third-order valence-corrected chi connectivity index (χ3v) is 1.65. The lowest BCUT2D eigenvalue weighted by Crippen LogP contribution is -1.79. The molecule has 3 heteroatoms. The van der Waals surface area contributed by atoms with Crippen LogP contribution in [0.4, 0.5) is 0 Å². The van der Waals surface area contributed by atoms with Gasteiger partial charge in [0, 0.05) is 16.8 Å². The van der Waals surface area contributed by atoms with Crippen LogP contribution in [-0.2, 0) is 4.43 Å². The molecule has 0 spiro atoms. The van der Waals surface area contributed by atoms with E-state index >= 15 is 0 Å². The van der Waals surface area contributed by atoms with Gasteiger partial charge in [0.2, 0.25) is 0 Å². The normalized spacial score (nSPS) is 9.12. The van der Waals surface area contributed by atoms with E-state index in [2.05, 4.69) is 32.6 Å². The van der Waals surface area contributed by atoms with Crippen LogP contribution in [0.15, 0.2) is 18.7 Å². The summed E-state index contributed by atoms with van der Waals surface area (Å²) in [5.41, 5.74) is 1.17. The predicted molar refractivity (Wildman–Crippen MR) is 39.8 cm³/mol. The minimum absolute atomic E-state index is 0.985. The van der Waals surface area contributed by atoms with Crippen LogP contribution < -0.4 is 0 Å². The zero-order chi connectivity index (χ0) is 5.82. The van der Waals surface area contributed by atoms with Crippen LogP contribution in [-0.4, -0.2) is 9.97 Å². The van der Waals surface area contributed by atoms with Gasteiger partial charge in [0.25, 0.3) is 0 Å². The Labute approximate surface area is 61.5 Å². The summed E-state index contributed by atoms with van der Waals surface area (Å²) >= 11 is 2.27. The second kappa shape index (κ2) is 2.96. The van der Waals surface area contributed by atoms with Crippen molar-refractivity contribution in [3.63, 3.8) is 0 Å². The van der Waals surface area contributed by atoms with Gasteiger partial charge >= 0.3 is 0 Å². The van der Waals surface area contributed by atoms with Crippen molar-refractivity contribution in [1.29, 1.82) is 0 Å². The van der Waals surface area contributed by atoms with Gasteiger partial charge < -0.3 is 0 Å². The molecule has 1 aromatic rings. The van der Waals surface area contributed by atoms with Gasteiger partial charge in [-0.05, 0) is 5.56 Å². The molecular formula is C5H5IN2. The van der Waals surface area contributed by atoms with Crippen LogP contribution in [0.1, 0.15) is 5.56 Å². The van der Waals surface area contributed by atoms with Crippen LogP contribution in [0.2, 0.25) is 0 Å². The second-order valence-corrected chi connectivity index (χ2v) is 2.14. The molecule has 8 heavy (non-hydrogen) atoms. The van der Waals surface area contributed by atoms with Crippen LogP contribution in [0, 0.1) is 0 Å². The maximum Gasteiger partial charge on any atom is 0.115 e. The van der Waals surface area contributed by atoms with E-state index in [-0.39, 0.29) is 0 Å². The van der Waals surface area contributed by atoms with E-state index in [0.29, 0.717) is 0 Å². The largest absolute Gasteiger partial charge is 0.245 e. The van der Waals surface area contributed by atoms with E-state index in [9.17, 15) is 0 Å². The lowest BCUT2D eigenvalue weighted by molar-refractivity contribution is 1.13. The number of halogens is 1. The molecule has 0 bridgehead atoms. The molecule has 0 unspecified atom stereocenters. The average Bonchev–Trinajstić information content (AvgIpc) is 1.90. The van der Waals surface area contributed by atoms with Crippen LogP contribution in [0.5, 0.6) is 0 Å². The van der Waals surface area contributed by atoms with Crippen LogP contribution >= 0.6 is 22.6 Å². The van der Waals surface area contributed by atoms with Gasteiger partial charge in [-0.1, -0.05) is 22.6 Å². The Balaban J connectivity index is 2.83. The van der Waals surface area contributed by atoms with Crippen LogP contribution in [0.25, 0.3) is 0 Å². The summed E-state index contributed by atoms with van der Waals surface area (Å²) in [7, 11) is 0. The molecule has 1 heterocycles. The molecule has 0 aliphatic carbocycles. The van der Waals surface area contributed by atoms with Gasteiger partial charge in [-0.25, -0.2) is 9.97 Å². The molecule has 42 valence electrons. The van der Waals surface area contributed by atoms with Crippen molar-refractivity contribution in [2.75, 3.05) is 0 Å². The van der Waals surface area contributed by atoms with Crippen molar-refractivity contribution in [2.45, 2.75) is 4.43 Å². The van der Waals surface area contributed by atoms with Gasteiger partial charge in [0.1, 0.15) is 6.33 Å². The Morgan fingerprint density at radius 3 is 2.38 bits per heavy atom. The first-order valence-electron chi connectivity index (χ1n) is 2.23. The zero-order valence-corrected chi connectivity index (χ0v) is 6.37. The van der Waals surface area contributed by atoms with Gasteiger partial charge in [-0.2, -0.15) is 0 Å². The predicted octanol–water partition coefficient (Wildman–Crippen LogP) is 1.41. The highest BCUT2D eigenvalue weighted by atomic mass is 127. The fourth-order valence-electron chi connectivity index (χ4n) is 0.399. The zero-order valence-electron chi connectivity index (χ0n) is 4.21. The first kappa shape index (κ1) is 5.94. The summed E-state index contributed by atoms with van der Waals surface area (Å²) in [6, 6.07) is 0. The molecular weight excluding hydrogens is 215 g/mol. The molecule has 0 saturated carbocycles. The van der Waals surface area contributed by atoms with Gasteiger partial charge in [0.05, 0.1) is 0 Å². The third kappa shape index (κ3) is 1.40. The number of nitrogens with zero attached hydrogens (tertiary/aromatic N) is 2. The first-order chi connectivity index (χ1) is 3.93. The first-order valence-corrected chi connectivity index (χ1v) is 3.76. The SMILES string of the molecule is ICc1cncnc1. The lowest BCUT2D eigenvalue weighted by atomic mass is 10.4. The van der Waals surface area contributed by atoms with Crippen molar-refractivity contribution in [1.82, 2.24) is 9.97 Å². The molecule has 1 aromatic heterocycles. The standard InChI is InChI=1S/C5H5IN2/c6-1-5-2-7-4-8-3-5/h2-4H,1H2. The lowest BCUT2D eigenvalue weighted by Gasteiger charge is -1.86. The molecule has 0 fully saturated rings. The van der Waals surface area contributed by atoms with E-state index in [0.717, 1.165) is 4.43 Å². The monoisotopic (exact) mass is 220 g/mol. The smallest absolute Gasteiger partial charge is 0.115 e. The number of aromatic nitrogens is 2. The summed E-state index contributed by atoms with van der Waals surface area (Å²) in [6.07, 6.45) is 5.18. The Bertz CT molecular complexity index is 152. The minimum atomic E-state index is 0.985. The second-order valence-electron chi connectivity index (χ2n) is 1.38. The third-order valence-electron chi connectivity index (χ3n) is 0.768. The quantitative estimate of drug-likeness (QED) is 0.528. The fraction of sp³-hybridized carbons (Fsp3) is 0.200. The summed E-state index contributed by atoms with van der Waals surface area (Å²) in [6.45, 7) is 0. The highest BCUT2D eigenvalue weighted by molar-refractivity contribution is 14.1. The van der Waals surface area contributed by atoms with Gasteiger partial charge in [0.15, 0.2) is 0 Å². The Morgan fingerprint density at radius 1 is 1.38 bits per heavy atom. The highest BCUT2D eigenvalue weighted by Gasteiger charge is 1.83. The van der Waals surface area contributed by atoms with Crippen LogP contribution in [0.3, 0.4) is 0 Å². The van der Waals surface area contributed by atoms with E-state index < -0.39 is 0 Å². The molecule has 0 aliphatic rings. The molecule has 0 N–H and O–H groups in total. The molecule has 0 aliphatic heterocycles. The van der Waals surface area contributed by atoms with E-state index in [1.54, 1.807) is 0 Å². The van der Waals surface area contributed by atoms with Gasteiger partial charge in [-0.3, -0.25) is 0 Å². The average molecular weight is 220 g/mol. The van der Waals surface area contributed by atoms with Gasteiger partial charge in [-0.15, -0.1) is 0 Å². The summed E-state index contributed by atoms with van der Waals surface area (Å²) in [5.74, 6) is 0. The molecule has 0 saturated heterocycles. The molecule has 1 rings (SSSR count). The Kier molecular flexibility index (Phi) is 2.20. The Morgan fingerprint density at radius 2 is 2.00 bits per heavy atom. The molecule has 0 amide bonds. The molecule has 0 radical (unpaired) electrons. The molecule has 0 aromatic carbocycles. The number of hydrogen-bond donors (Lipinski definition) is 0. The summed E-state index contributed by atoms with van der Waals surface area (Å²) < 4.78 is 0.985. The number of rotatable bonds is 1.